The van der Waals surface area contributed by atoms with Gasteiger partial charge in [-0.1, -0.05) is 72.3 Å². The van der Waals surface area contributed by atoms with Crippen LogP contribution in [-0.2, 0) is 4.79 Å². The minimum atomic E-state index is 0.0184. The summed E-state index contributed by atoms with van der Waals surface area (Å²) in [7, 11) is 0. The van der Waals surface area contributed by atoms with Gasteiger partial charge in [-0.2, -0.15) is 0 Å². The Morgan fingerprint density at radius 2 is 1.58 bits per heavy atom. The monoisotopic (exact) mass is 444 g/mol. The molecule has 0 atom stereocenters. The molecule has 0 unspecified atom stereocenters. The normalized spacial score (nSPS) is 10.7. The van der Waals surface area contributed by atoms with Crippen molar-refractivity contribution in [2.45, 2.75) is 24.7 Å². The topological polar surface area (TPSA) is 42.0 Å². The molecule has 3 nitrogen and oxygen atoms in total. The van der Waals surface area contributed by atoms with Gasteiger partial charge in [0.1, 0.15) is 0 Å². The number of nitrogens with zero attached hydrogens (tertiary/aromatic N) is 1. The Bertz CT molecular complexity index is 1120. The van der Waals surface area contributed by atoms with Crippen LogP contribution in [0.15, 0.2) is 89.1 Å². The molecule has 0 fully saturated rings. The molecule has 31 heavy (non-hydrogen) atoms. The molecule has 156 valence electrons. The molecule has 1 N–H and O–H groups in total. The quantitative estimate of drug-likeness (QED) is 0.229. The van der Waals surface area contributed by atoms with E-state index in [1.54, 1.807) is 11.8 Å². The highest BCUT2D eigenvalue weighted by molar-refractivity contribution is 7.99. The molecule has 0 aliphatic rings. The van der Waals surface area contributed by atoms with Crippen LogP contribution in [0.25, 0.3) is 22.4 Å². The van der Waals surface area contributed by atoms with Crippen LogP contribution in [0.2, 0.25) is 0 Å². The lowest BCUT2D eigenvalue weighted by Crippen LogP contribution is -2.11. The molecular formula is C26H24N2OS2. The zero-order valence-electron chi connectivity index (χ0n) is 17.4. The first-order valence-corrected chi connectivity index (χ1v) is 12.1. The lowest BCUT2D eigenvalue weighted by molar-refractivity contribution is -0.116. The third-order valence-corrected chi connectivity index (χ3v) is 6.73. The van der Waals surface area contributed by atoms with E-state index in [0.29, 0.717) is 11.6 Å². The van der Waals surface area contributed by atoms with E-state index in [4.69, 9.17) is 0 Å². The van der Waals surface area contributed by atoms with E-state index >= 15 is 0 Å². The molecule has 0 aliphatic carbocycles. The molecule has 0 saturated heterocycles. The first kappa shape index (κ1) is 21.3. The summed E-state index contributed by atoms with van der Waals surface area (Å²) in [5.41, 5.74) is 5.57. The van der Waals surface area contributed by atoms with Gasteiger partial charge in [-0.15, -0.1) is 23.1 Å². The molecule has 1 heterocycles. The zero-order valence-corrected chi connectivity index (χ0v) is 19.0. The van der Waals surface area contributed by atoms with Crippen LogP contribution in [0.5, 0.6) is 0 Å². The van der Waals surface area contributed by atoms with Crippen LogP contribution in [0.4, 0.5) is 5.13 Å². The molecule has 1 amide bonds. The van der Waals surface area contributed by atoms with Gasteiger partial charge in [0, 0.05) is 22.3 Å². The van der Waals surface area contributed by atoms with Crippen LogP contribution >= 0.6 is 23.1 Å². The number of thioether (sulfide) groups is 1. The van der Waals surface area contributed by atoms with Crippen molar-refractivity contribution >= 4 is 34.1 Å². The van der Waals surface area contributed by atoms with Crippen molar-refractivity contribution in [3.63, 3.8) is 0 Å². The number of carbonyl (C=O) groups is 1. The highest BCUT2D eigenvalue weighted by atomic mass is 32.2. The maximum absolute atomic E-state index is 12.3. The van der Waals surface area contributed by atoms with Gasteiger partial charge >= 0.3 is 0 Å². The largest absolute Gasteiger partial charge is 0.302 e. The van der Waals surface area contributed by atoms with Crippen LogP contribution in [0.1, 0.15) is 18.4 Å². The van der Waals surface area contributed by atoms with Crippen molar-refractivity contribution in [1.82, 2.24) is 4.98 Å². The fraction of sp³-hybridized carbons (Fsp3) is 0.154. The summed E-state index contributed by atoms with van der Waals surface area (Å²) in [6.45, 7) is 2.09. The predicted octanol–water partition coefficient (Wildman–Crippen LogP) is 7.30. The molecule has 0 aliphatic heterocycles. The summed E-state index contributed by atoms with van der Waals surface area (Å²) in [5, 5.41) is 5.57. The Hall–Kier alpha value is -2.89. The minimum Gasteiger partial charge on any atom is -0.302 e. The summed E-state index contributed by atoms with van der Waals surface area (Å²) in [6, 6.07) is 27.2. The molecular weight excluding hydrogens is 420 g/mol. The first-order chi connectivity index (χ1) is 15.2. The van der Waals surface area contributed by atoms with Crippen molar-refractivity contribution < 1.29 is 4.79 Å². The predicted molar refractivity (Wildman–Crippen MR) is 133 cm³/mol. The molecule has 0 radical (unpaired) electrons. The van der Waals surface area contributed by atoms with E-state index < -0.39 is 0 Å². The van der Waals surface area contributed by atoms with Crippen LogP contribution in [-0.4, -0.2) is 16.6 Å². The lowest BCUT2D eigenvalue weighted by Gasteiger charge is -2.04. The highest BCUT2D eigenvalue weighted by Gasteiger charge is 2.09. The van der Waals surface area contributed by atoms with E-state index in [2.05, 4.69) is 77.9 Å². The molecule has 3 aromatic carbocycles. The summed E-state index contributed by atoms with van der Waals surface area (Å²) in [6.07, 6.45) is 1.34. The van der Waals surface area contributed by atoms with Crippen LogP contribution < -0.4 is 5.32 Å². The second-order valence-corrected chi connectivity index (χ2v) is 9.32. The smallest absolute Gasteiger partial charge is 0.226 e. The Labute approximate surface area is 191 Å². The van der Waals surface area contributed by atoms with Gasteiger partial charge in [0.15, 0.2) is 5.13 Å². The molecule has 0 bridgehead atoms. The van der Waals surface area contributed by atoms with Crippen molar-refractivity contribution in [2.75, 3.05) is 11.1 Å². The van der Waals surface area contributed by atoms with Gasteiger partial charge in [0.25, 0.3) is 0 Å². The van der Waals surface area contributed by atoms with E-state index in [1.165, 1.54) is 32.9 Å². The van der Waals surface area contributed by atoms with E-state index in [-0.39, 0.29) is 5.91 Å². The number of benzene rings is 3. The number of nitrogens with one attached hydrogen (secondary N) is 1. The zero-order chi connectivity index (χ0) is 21.5. The number of amides is 1. The number of carbonyl (C=O) groups excluding carboxylic acids is 1. The maximum atomic E-state index is 12.3. The van der Waals surface area contributed by atoms with Gasteiger partial charge in [-0.25, -0.2) is 4.98 Å². The molecule has 1 aromatic heterocycles. The molecule has 4 aromatic rings. The first-order valence-electron chi connectivity index (χ1n) is 10.3. The second kappa shape index (κ2) is 10.4. The Morgan fingerprint density at radius 1 is 0.903 bits per heavy atom. The van der Waals surface area contributed by atoms with Crippen molar-refractivity contribution in [2.24, 2.45) is 0 Å². The summed E-state index contributed by atoms with van der Waals surface area (Å²) in [5.74, 6) is 0.942. The summed E-state index contributed by atoms with van der Waals surface area (Å²) < 4.78 is 0. The second-order valence-electron chi connectivity index (χ2n) is 7.29. The van der Waals surface area contributed by atoms with E-state index in [9.17, 15) is 4.79 Å². The standard InChI is InChI=1S/C26H24N2OS2/c1-19-9-15-23(16-10-19)30-17-5-8-25(29)28-26-27-24(18-31-26)22-13-11-21(12-14-22)20-6-3-2-4-7-20/h2-4,6-7,9-16,18H,5,8,17H2,1H3,(H,27,28,29). The number of anilines is 1. The maximum Gasteiger partial charge on any atom is 0.226 e. The lowest BCUT2D eigenvalue weighted by atomic mass is 10.0. The minimum absolute atomic E-state index is 0.0184. The fourth-order valence-electron chi connectivity index (χ4n) is 3.17. The third kappa shape index (κ3) is 6.06. The molecule has 5 heteroatoms. The Morgan fingerprint density at radius 3 is 2.32 bits per heavy atom. The average Bonchev–Trinajstić information content (AvgIpc) is 3.27. The number of rotatable bonds is 8. The van der Waals surface area contributed by atoms with Gasteiger partial charge < -0.3 is 5.32 Å². The van der Waals surface area contributed by atoms with Crippen molar-refractivity contribution in [3.05, 3.63) is 89.8 Å². The van der Waals surface area contributed by atoms with Crippen LogP contribution in [0, 0.1) is 6.92 Å². The van der Waals surface area contributed by atoms with Gasteiger partial charge in [0.2, 0.25) is 5.91 Å². The van der Waals surface area contributed by atoms with Crippen LogP contribution in [0.3, 0.4) is 0 Å². The number of hydrogen-bond donors (Lipinski definition) is 1. The van der Waals surface area contributed by atoms with E-state index in [1.807, 2.05) is 23.6 Å². The average molecular weight is 445 g/mol. The third-order valence-electron chi connectivity index (χ3n) is 4.88. The van der Waals surface area contributed by atoms with Gasteiger partial charge in [0.05, 0.1) is 5.69 Å². The van der Waals surface area contributed by atoms with Gasteiger partial charge in [-0.05, 0) is 42.4 Å². The number of aryl methyl sites for hydroxylation is 1. The Kier molecular flexibility index (Phi) is 7.18. The Balaban J connectivity index is 1.26. The van der Waals surface area contributed by atoms with E-state index in [0.717, 1.165) is 23.4 Å². The molecule has 4 rings (SSSR count). The number of hydrogen-bond acceptors (Lipinski definition) is 4. The summed E-state index contributed by atoms with van der Waals surface area (Å²) >= 11 is 3.25. The number of thiazole rings is 1. The fourth-order valence-corrected chi connectivity index (χ4v) is 4.76. The SMILES string of the molecule is Cc1ccc(SCCCC(=O)Nc2nc(-c3ccc(-c4ccccc4)cc3)cs2)cc1. The van der Waals surface area contributed by atoms with Crippen molar-refractivity contribution in [3.8, 4) is 22.4 Å². The highest BCUT2D eigenvalue weighted by Crippen LogP contribution is 2.28. The summed E-state index contributed by atoms with van der Waals surface area (Å²) in [4.78, 5) is 18.1. The molecule has 0 spiro atoms. The number of aromatic nitrogens is 1. The van der Waals surface area contributed by atoms with Crippen molar-refractivity contribution in [1.29, 1.82) is 0 Å². The molecule has 0 saturated carbocycles. The van der Waals surface area contributed by atoms with Gasteiger partial charge in [-0.3, -0.25) is 4.79 Å².